The number of esters is 2. The minimum Gasteiger partial charge on any atom is -0.426 e. The highest BCUT2D eigenvalue weighted by atomic mass is 79.9. The SMILES string of the molecule is O=C1O[C@H](OC/C(Br)=C(\Br)CO[C@H]2OC(=O)C(Cl)=C2Cl)C(Cl)=C1Cl. The first-order chi connectivity index (χ1) is 11.2. The molecule has 0 aromatic rings. The van der Waals surface area contributed by atoms with Crippen molar-refractivity contribution in [1.82, 2.24) is 0 Å². The van der Waals surface area contributed by atoms with Gasteiger partial charge in [0.05, 0.1) is 13.2 Å². The Kier molecular flexibility index (Phi) is 7.46. The smallest absolute Gasteiger partial charge is 0.353 e. The Hall–Kier alpha value is 0.200. The molecule has 132 valence electrons. The van der Waals surface area contributed by atoms with Crippen LogP contribution in [0.1, 0.15) is 0 Å². The highest BCUT2D eigenvalue weighted by molar-refractivity contribution is 9.14. The molecule has 2 aliphatic heterocycles. The van der Waals surface area contributed by atoms with Crippen LogP contribution in [0.4, 0.5) is 0 Å². The Morgan fingerprint density at radius 3 is 1.42 bits per heavy atom. The average molecular weight is 548 g/mol. The van der Waals surface area contributed by atoms with Gasteiger partial charge in [0.1, 0.15) is 20.1 Å². The molecule has 0 aliphatic carbocycles. The van der Waals surface area contributed by atoms with Gasteiger partial charge in [0.15, 0.2) is 0 Å². The lowest BCUT2D eigenvalue weighted by Crippen LogP contribution is -2.17. The van der Waals surface area contributed by atoms with Crippen molar-refractivity contribution in [2.45, 2.75) is 12.6 Å². The molecular formula is C12H6Br2Cl4O6. The molecule has 0 aromatic carbocycles. The van der Waals surface area contributed by atoms with Crippen molar-refractivity contribution in [1.29, 1.82) is 0 Å². The van der Waals surface area contributed by atoms with Gasteiger partial charge in [0.25, 0.3) is 0 Å². The Morgan fingerprint density at radius 2 is 1.17 bits per heavy atom. The maximum Gasteiger partial charge on any atom is 0.353 e. The van der Waals surface area contributed by atoms with Gasteiger partial charge in [-0.3, -0.25) is 0 Å². The number of carbonyl (C=O) groups is 2. The normalized spacial score (nSPS) is 25.2. The fourth-order valence-electron chi connectivity index (χ4n) is 1.47. The zero-order valence-electron chi connectivity index (χ0n) is 11.3. The van der Waals surface area contributed by atoms with Crippen LogP contribution in [0.15, 0.2) is 29.1 Å². The zero-order chi connectivity index (χ0) is 18.0. The molecule has 12 heteroatoms. The summed E-state index contributed by atoms with van der Waals surface area (Å²) in [6.07, 6.45) is -2.15. The van der Waals surface area contributed by atoms with Gasteiger partial charge in [-0.15, -0.1) is 0 Å². The molecule has 0 saturated carbocycles. The second kappa shape index (κ2) is 8.73. The molecule has 0 unspecified atom stereocenters. The van der Waals surface area contributed by atoms with Crippen LogP contribution in [-0.2, 0) is 28.5 Å². The zero-order valence-corrected chi connectivity index (χ0v) is 17.5. The van der Waals surface area contributed by atoms with E-state index in [2.05, 4.69) is 31.9 Å². The third-order valence-corrected chi connectivity index (χ3v) is 6.23. The summed E-state index contributed by atoms with van der Waals surface area (Å²) in [5.41, 5.74) is 0. The van der Waals surface area contributed by atoms with Crippen LogP contribution in [0.3, 0.4) is 0 Å². The minimum absolute atomic E-state index is 0.00292. The summed E-state index contributed by atoms with van der Waals surface area (Å²) < 4.78 is 21.3. The highest BCUT2D eigenvalue weighted by Crippen LogP contribution is 2.32. The van der Waals surface area contributed by atoms with Crippen molar-refractivity contribution < 1.29 is 28.5 Å². The average Bonchev–Trinajstić information content (AvgIpc) is 2.94. The van der Waals surface area contributed by atoms with Gasteiger partial charge in [-0.25, -0.2) is 9.59 Å². The Labute approximate surface area is 172 Å². The predicted octanol–water partition coefficient (Wildman–Crippen LogP) is 4.17. The fraction of sp³-hybridized carbons (Fsp3) is 0.333. The van der Waals surface area contributed by atoms with E-state index in [0.717, 1.165) is 0 Å². The van der Waals surface area contributed by atoms with Gasteiger partial charge in [0, 0.05) is 8.96 Å². The van der Waals surface area contributed by atoms with Gasteiger partial charge in [-0.05, 0) is 0 Å². The van der Waals surface area contributed by atoms with Crippen LogP contribution in [0.2, 0.25) is 0 Å². The number of halogens is 6. The summed E-state index contributed by atoms with van der Waals surface area (Å²) in [7, 11) is 0. The third kappa shape index (κ3) is 4.67. The molecule has 2 heterocycles. The maximum atomic E-state index is 11.2. The van der Waals surface area contributed by atoms with E-state index < -0.39 is 24.5 Å². The van der Waals surface area contributed by atoms with Crippen LogP contribution in [0, 0.1) is 0 Å². The largest absolute Gasteiger partial charge is 0.426 e. The van der Waals surface area contributed by atoms with Crippen LogP contribution in [0.5, 0.6) is 0 Å². The fourth-order valence-corrected chi connectivity index (χ4v) is 2.60. The van der Waals surface area contributed by atoms with Crippen LogP contribution in [-0.4, -0.2) is 37.7 Å². The molecule has 0 N–H and O–H groups in total. The molecule has 0 spiro atoms. The van der Waals surface area contributed by atoms with E-state index in [1.54, 1.807) is 0 Å². The summed E-state index contributed by atoms with van der Waals surface area (Å²) in [4.78, 5) is 22.4. The van der Waals surface area contributed by atoms with E-state index in [4.69, 9.17) is 65.4 Å². The lowest BCUT2D eigenvalue weighted by molar-refractivity contribution is -0.158. The number of hydrogen-bond acceptors (Lipinski definition) is 6. The standard InChI is InChI=1S/C12H6Br2Cl4O6/c13-3(1-21-11-7(17)5(15)9(19)23-11)4(14)2-22-12-8(18)6(16)10(20)24-12/h11-12H,1-2H2/b4-3+/t11-,12-/m0/s1. The van der Waals surface area contributed by atoms with Crippen molar-refractivity contribution in [2.75, 3.05) is 13.2 Å². The topological polar surface area (TPSA) is 71.1 Å². The molecule has 0 amide bonds. The van der Waals surface area contributed by atoms with Crippen LogP contribution in [0.25, 0.3) is 0 Å². The predicted molar refractivity (Wildman–Crippen MR) is 94.0 cm³/mol. The number of hydrogen-bond donors (Lipinski definition) is 0. The Bertz CT molecular complexity index is 618. The summed E-state index contributed by atoms with van der Waals surface area (Å²) >= 11 is 29.4. The van der Waals surface area contributed by atoms with E-state index in [1.165, 1.54) is 0 Å². The second-order valence-corrected chi connectivity index (χ2v) is 7.71. The Balaban J connectivity index is 1.86. The summed E-state index contributed by atoms with van der Waals surface area (Å²) in [5, 5.41) is -0.492. The first-order valence-electron chi connectivity index (χ1n) is 6.01. The maximum absolute atomic E-state index is 11.2. The minimum atomic E-state index is -1.08. The van der Waals surface area contributed by atoms with Crippen molar-refractivity contribution in [2.24, 2.45) is 0 Å². The van der Waals surface area contributed by atoms with Crippen molar-refractivity contribution in [3.63, 3.8) is 0 Å². The first-order valence-corrected chi connectivity index (χ1v) is 9.10. The van der Waals surface area contributed by atoms with Crippen molar-refractivity contribution >= 4 is 90.2 Å². The van der Waals surface area contributed by atoms with Gasteiger partial charge in [0.2, 0.25) is 12.6 Å². The lowest BCUT2D eigenvalue weighted by atomic mass is 10.5. The van der Waals surface area contributed by atoms with Crippen LogP contribution < -0.4 is 0 Å². The van der Waals surface area contributed by atoms with E-state index in [1.807, 2.05) is 0 Å². The molecular weight excluding hydrogens is 542 g/mol. The van der Waals surface area contributed by atoms with Crippen LogP contribution >= 0.6 is 78.3 Å². The summed E-state index contributed by atoms with van der Waals surface area (Å²) in [6, 6.07) is 0. The molecule has 0 fully saturated rings. The van der Waals surface area contributed by atoms with E-state index >= 15 is 0 Å². The third-order valence-electron chi connectivity index (χ3n) is 2.64. The van der Waals surface area contributed by atoms with Gasteiger partial charge >= 0.3 is 11.9 Å². The molecule has 0 aromatic heterocycles. The van der Waals surface area contributed by atoms with Crippen molar-refractivity contribution in [3.05, 3.63) is 29.1 Å². The lowest BCUT2D eigenvalue weighted by Gasteiger charge is -2.14. The van der Waals surface area contributed by atoms with E-state index in [9.17, 15) is 9.59 Å². The first kappa shape index (κ1) is 20.5. The molecule has 0 saturated heterocycles. The summed E-state index contributed by atoms with van der Waals surface area (Å²) in [5.74, 6) is -1.51. The molecule has 2 rings (SSSR count). The molecule has 0 bridgehead atoms. The van der Waals surface area contributed by atoms with Gasteiger partial charge in [-0.2, -0.15) is 0 Å². The molecule has 0 radical (unpaired) electrons. The van der Waals surface area contributed by atoms with Gasteiger partial charge in [-0.1, -0.05) is 78.3 Å². The molecule has 2 aliphatic rings. The van der Waals surface area contributed by atoms with Crippen molar-refractivity contribution in [3.8, 4) is 0 Å². The number of ether oxygens (including phenoxy) is 4. The number of rotatable bonds is 6. The monoisotopic (exact) mass is 544 g/mol. The quantitative estimate of drug-likeness (QED) is 0.465. The molecule has 6 nitrogen and oxygen atoms in total. The number of carbonyl (C=O) groups excluding carboxylic acids is 2. The van der Waals surface area contributed by atoms with E-state index in [-0.39, 0.29) is 33.3 Å². The molecule has 2 atom stereocenters. The van der Waals surface area contributed by atoms with E-state index in [0.29, 0.717) is 8.96 Å². The molecule has 24 heavy (non-hydrogen) atoms. The summed E-state index contributed by atoms with van der Waals surface area (Å²) in [6.45, 7) is -0.00583. The van der Waals surface area contributed by atoms with Gasteiger partial charge < -0.3 is 18.9 Å². The Morgan fingerprint density at radius 1 is 0.833 bits per heavy atom. The highest BCUT2D eigenvalue weighted by Gasteiger charge is 2.34. The number of cyclic esters (lactones) is 2. The second-order valence-electron chi connectivity index (χ2n) is 4.23.